The lowest BCUT2D eigenvalue weighted by Crippen LogP contribution is -2.57. The van der Waals surface area contributed by atoms with Gasteiger partial charge in [0, 0.05) is 13.7 Å². The molecule has 13 unspecified atom stereocenters. The van der Waals surface area contributed by atoms with Crippen LogP contribution in [-0.4, -0.2) is 61.4 Å². The van der Waals surface area contributed by atoms with E-state index in [9.17, 15) is 19.2 Å². The first-order valence-corrected chi connectivity index (χ1v) is 14.5. The molecule has 2 amide bonds. The summed E-state index contributed by atoms with van der Waals surface area (Å²) in [5.41, 5.74) is 0. The van der Waals surface area contributed by atoms with Crippen molar-refractivity contribution in [1.82, 2.24) is 10.6 Å². The SMILES string of the molecule is COC(C)C1C(C)CC2C3CC4/C=C/C(=O)C5C(=O)NC(CCCNC(=O)/C=C\CC4C2C2OC2C31)C5=O. The van der Waals surface area contributed by atoms with Crippen molar-refractivity contribution in [2.24, 2.45) is 53.3 Å². The van der Waals surface area contributed by atoms with Crippen molar-refractivity contribution >= 4 is 23.4 Å². The van der Waals surface area contributed by atoms with Gasteiger partial charge >= 0.3 is 0 Å². The second-order valence-corrected chi connectivity index (χ2v) is 12.6. The van der Waals surface area contributed by atoms with Gasteiger partial charge in [-0.1, -0.05) is 19.1 Å². The number of epoxide rings is 1. The second-order valence-electron chi connectivity index (χ2n) is 12.6. The molecule has 8 heteroatoms. The van der Waals surface area contributed by atoms with Crippen LogP contribution >= 0.6 is 0 Å². The predicted octanol–water partition coefficient (Wildman–Crippen LogP) is 2.22. The second kappa shape index (κ2) is 10.0. The Morgan fingerprint density at radius 3 is 2.58 bits per heavy atom. The molecule has 3 aliphatic heterocycles. The molecule has 3 heterocycles. The first-order valence-electron chi connectivity index (χ1n) is 14.5. The van der Waals surface area contributed by atoms with Crippen LogP contribution in [0.4, 0.5) is 0 Å². The predicted molar refractivity (Wildman–Crippen MR) is 139 cm³/mol. The number of allylic oxidation sites excluding steroid dienone is 3. The summed E-state index contributed by atoms with van der Waals surface area (Å²) in [6.07, 6.45) is 11.5. The smallest absolute Gasteiger partial charge is 0.243 e. The number of nitrogens with one attached hydrogen (secondary N) is 2. The highest BCUT2D eigenvalue weighted by atomic mass is 16.6. The molecule has 0 aromatic carbocycles. The third-order valence-corrected chi connectivity index (χ3v) is 10.8. The molecule has 38 heavy (non-hydrogen) atoms. The molecule has 2 N–H and O–H groups in total. The number of carbonyl (C=O) groups is 4. The Morgan fingerprint density at radius 1 is 1.03 bits per heavy atom. The summed E-state index contributed by atoms with van der Waals surface area (Å²) in [5, 5.41) is 5.58. The monoisotopic (exact) mass is 524 g/mol. The van der Waals surface area contributed by atoms with E-state index in [0.29, 0.717) is 54.9 Å². The molecule has 0 spiro atoms. The van der Waals surface area contributed by atoms with Gasteiger partial charge in [-0.2, -0.15) is 0 Å². The fraction of sp³-hybridized carbons (Fsp3) is 0.733. The summed E-state index contributed by atoms with van der Waals surface area (Å²) < 4.78 is 12.3. The Morgan fingerprint density at radius 2 is 1.79 bits per heavy atom. The molecule has 3 aliphatic carbocycles. The van der Waals surface area contributed by atoms with Crippen molar-refractivity contribution in [3.05, 3.63) is 24.3 Å². The summed E-state index contributed by atoms with van der Waals surface area (Å²) in [6.45, 7) is 4.94. The minimum absolute atomic E-state index is 0.112. The average molecular weight is 525 g/mol. The number of ketones is 2. The van der Waals surface area contributed by atoms with Gasteiger partial charge in [-0.3, -0.25) is 19.2 Å². The molecule has 0 aromatic heterocycles. The van der Waals surface area contributed by atoms with Crippen LogP contribution in [0.1, 0.15) is 46.0 Å². The number of hydrogen-bond donors (Lipinski definition) is 2. The zero-order valence-corrected chi connectivity index (χ0v) is 22.5. The van der Waals surface area contributed by atoms with E-state index in [1.807, 2.05) is 12.2 Å². The Hall–Kier alpha value is -2.32. The fourth-order valence-electron chi connectivity index (χ4n) is 9.13. The topological polar surface area (TPSA) is 114 Å². The zero-order chi connectivity index (χ0) is 26.7. The Balaban J connectivity index is 1.32. The number of ether oxygens (including phenoxy) is 2. The maximum atomic E-state index is 13.2. The van der Waals surface area contributed by atoms with Gasteiger partial charge in [-0.25, -0.2) is 0 Å². The summed E-state index contributed by atoms with van der Waals surface area (Å²) in [7, 11) is 1.79. The van der Waals surface area contributed by atoms with Crippen LogP contribution in [0.15, 0.2) is 24.3 Å². The van der Waals surface area contributed by atoms with Crippen molar-refractivity contribution in [2.75, 3.05) is 13.7 Å². The number of hydrogen-bond acceptors (Lipinski definition) is 6. The Bertz CT molecular complexity index is 1070. The highest BCUT2D eigenvalue weighted by molar-refractivity contribution is 6.26. The van der Waals surface area contributed by atoms with E-state index in [2.05, 4.69) is 24.5 Å². The molecule has 0 radical (unpaired) electrons. The molecule has 6 bridgehead atoms. The van der Waals surface area contributed by atoms with Crippen LogP contribution in [0.25, 0.3) is 0 Å². The minimum atomic E-state index is -1.26. The molecular weight excluding hydrogens is 484 g/mol. The molecule has 8 nitrogen and oxygen atoms in total. The minimum Gasteiger partial charge on any atom is -0.381 e. The molecule has 6 aliphatic rings. The van der Waals surface area contributed by atoms with Crippen LogP contribution in [0.5, 0.6) is 0 Å². The number of fused-ring (bicyclic) bond motifs is 7. The number of amides is 2. The van der Waals surface area contributed by atoms with Crippen LogP contribution in [0.2, 0.25) is 0 Å². The van der Waals surface area contributed by atoms with Gasteiger partial charge in [0.15, 0.2) is 17.5 Å². The molecule has 6 rings (SSSR count). The van der Waals surface area contributed by atoms with Crippen LogP contribution < -0.4 is 10.6 Å². The zero-order valence-electron chi connectivity index (χ0n) is 22.5. The van der Waals surface area contributed by atoms with Crippen molar-refractivity contribution in [2.45, 2.75) is 70.3 Å². The summed E-state index contributed by atoms with van der Waals surface area (Å²) >= 11 is 0. The molecule has 2 saturated heterocycles. The van der Waals surface area contributed by atoms with E-state index >= 15 is 0 Å². The summed E-state index contributed by atoms with van der Waals surface area (Å²) in [4.78, 5) is 51.1. The quantitative estimate of drug-likeness (QED) is 0.423. The maximum Gasteiger partial charge on any atom is 0.243 e. The molecular formula is C30H40N2O6. The first kappa shape index (κ1) is 25.9. The number of Topliss-reactive ketones (excluding diaryl/α,β-unsaturated/α-hetero) is 1. The van der Waals surface area contributed by atoms with Crippen LogP contribution in [0, 0.1) is 53.3 Å². The van der Waals surface area contributed by atoms with Crippen molar-refractivity contribution in [3.63, 3.8) is 0 Å². The molecule has 3 saturated carbocycles. The Kier molecular flexibility index (Phi) is 6.83. The van der Waals surface area contributed by atoms with Crippen molar-refractivity contribution in [1.29, 1.82) is 0 Å². The lowest BCUT2D eigenvalue weighted by atomic mass is 9.45. The summed E-state index contributed by atoms with van der Waals surface area (Å²) in [5.74, 6) is 0.508. The van der Waals surface area contributed by atoms with Gasteiger partial charge in [0.25, 0.3) is 0 Å². The number of carbonyl (C=O) groups excluding carboxylic acids is 4. The lowest BCUT2D eigenvalue weighted by molar-refractivity contribution is -0.134. The fourth-order valence-corrected chi connectivity index (χ4v) is 9.13. The van der Waals surface area contributed by atoms with Gasteiger partial charge < -0.3 is 20.1 Å². The van der Waals surface area contributed by atoms with Gasteiger partial charge in [-0.05, 0) is 98.5 Å². The standard InChI is InChI=1S/C30H40N2O6/c1-14-12-18-19-13-16-9-10-21(33)26-27(35)20(32-30(26)36)7-5-11-31-22(34)8-4-6-17(16)24(18)28-29(38-28)25(19)23(14)15(2)37-3/h4,8-10,14-20,23-26,28-29H,5-7,11-13H2,1-3H3,(H,31,34)(H,32,36)/b8-4-,10-9+. The van der Waals surface area contributed by atoms with Gasteiger partial charge in [0.1, 0.15) is 0 Å². The first-order chi connectivity index (χ1) is 18.3. The third kappa shape index (κ3) is 4.28. The molecule has 206 valence electrons. The van der Waals surface area contributed by atoms with E-state index < -0.39 is 23.7 Å². The van der Waals surface area contributed by atoms with E-state index in [1.165, 1.54) is 6.08 Å². The lowest BCUT2D eigenvalue weighted by Gasteiger charge is -2.58. The molecule has 0 aromatic rings. The van der Waals surface area contributed by atoms with Gasteiger partial charge in [0.05, 0.1) is 24.4 Å². The maximum absolute atomic E-state index is 13.2. The van der Waals surface area contributed by atoms with Gasteiger partial charge in [0.2, 0.25) is 11.8 Å². The normalized spacial score (nSPS) is 48.7. The van der Waals surface area contributed by atoms with Crippen molar-refractivity contribution in [3.8, 4) is 0 Å². The van der Waals surface area contributed by atoms with Crippen LogP contribution in [0.3, 0.4) is 0 Å². The van der Waals surface area contributed by atoms with Crippen molar-refractivity contribution < 1.29 is 28.7 Å². The molecule has 5 fully saturated rings. The third-order valence-electron chi connectivity index (χ3n) is 10.8. The van der Waals surface area contributed by atoms with E-state index in [0.717, 1.165) is 19.3 Å². The largest absolute Gasteiger partial charge is 0.381 e. The average Bonchev–Trinajstić information content (AvgIpc) is 3.60. The molecule has 13 atom stereocenters. The summed E-state index contributed by atoms with van der Waals surface area (Å²) in [6, 6.07) is -0.669. The van der Waals surface area contributed by atoms with Crippen LogP contribution in [-0.2, 0) is 28.7 Å². The van der Waals surface area contributed by atoms with E-state index in [4.69, 9.17) is 9.47 Å². The highest BCUT2D eigenvalue weighted by Crippen LogP contribution is 2.66. The Labute approximate surface area is 224 Å². The van der Waals surface area contributed by atoms with E-state index in [-0.39, 0.29) is 41.8 Å². The highest BCUT2D eigenvalue weighted by Gasteiger charge is 2.68. The number of methoxy groups -OCH3 is 1. The van der Waals surface area contributed by atoms with E-state index in [1.54, 1.807) is 13.2 Å². The van der Waals surface area contributed by atoms with Gasteiger partial charge in [-0.15, -0.1) is 0 Å². The number of rotatable bonds is 2.